The van der Waals surface area contributed by atoms with Gasteiger partial charge in [-0.15, -0.1) is 0 Å². The molecule has 0 aromatic heterocycles. The molecular formula is C17H19ClN2O3S. The number of hydrogen-bond donors (Lipinski definition) is 1. The predicted octanol–water partition coefficient (Wildman–Crippen LogP) is 3.08. The Hall–Kier alpha value is -1.89. The molecule has 1 amide bonds. The van der Waals surface area contributed by atoms with Gasteiger partial charge in [0, 0.05) is 19.7 Å². The van der Waals surface area contributed by atoms with Crippen LogP contribution in [0.15, 0.2) is 53.4 Å². The summed E-state index contributed by atoms with van der Waals surface area (Å²) in [7, 11) is -0.898. The molecule has 1 atom stereocenters. The number of benzene rings is 2. The second-order valence-electron chi connectivity index (χ2n) is 5.54. The van der Waals surface area contributed by atoms with Crippen LogP contribution < -0.4 is 5.32 Å². The molecule has 0 saturated heterocycles. The van der Waals surface area contributed by atoms with Gasteiger partial charge in [0.05, 0.1) is 11.1 Å². The fourth-order valence-corrected chi connectivity index (χ4v) is 3.54. The van der Waals surface area contributed by atoms with E-state index >= 15 is 0 Å². The second kappa shape index (κ2) is 7.34. The topological polar surface area (TPSA) is 66.5 Å². The SMILES string of the molecule is CC(NC(=O)c1ccc(Cl)c(S(=O)(=O)N(C)C)c1)c1ccccc1. The monoisotopic (exact) mass is 366 g/mol. The summed E-state index contributed by atoms with van der Waals surface area (Å²) in [4.78, 5) is 12.3. The first-order valence-corrected chi connectivity index (χ1v) is 9.13. The summed E-state index contributed by atoms with van der Waals surface area (Å²) in [6.45, 7) is 1.86. The zero-order valence-corrected chi connectivity index (χ0v) is 15.2. The van der Waals surface area contributed by atoms with Crippen LogP contribution in [0.2, 0.25) is 5.02 Å². The van der Waals surface area contributed by atoms with E-state index in [-0.39, 0.29) is 27.4 Å². The van der Waals surface area contributed by atoms with Gasteiger partial charge in [-0.3, -0.25) is 4.79 Å². The number of sulfonamides is 1. The Morgan fingerprint density at radius 3 is 2.33 bits per heavy atom. The highest BCUT2D eigenvalue weighted by molar-refractivity contribution is 7.89. The van der Waals surface area contributed by atoms with Gasteiger partial charge >= 0.3 is 0 Å². The number of halogens is 1. The van der Waals surface area contributed by atoms with Crippen molar-refractivity contribution in [2.45, 2.75) is 17.9 Å². The maximum absolute atomic E-state index is 12.4. The van der Waals surface area contributed by atoms with Crippen LogP contribution in [-0.4, -0.2) is 32.7 Å². The predicted molar refractivity (Wildman–Crippen MR) is 94.6 cm³/mol. The zero-order chi connectivity index (χ0) is 17.9. The molecule has 128 valence electrons. The lowest BCUT2D eigenvalue weighted by Crippen LogP contribution is -2.27. The molecule has 0 bridgehead atoms. The molecule has 2 rings (SSSR count). The minimum atomic E-state index is -3.72. The first-order valence-electron chi connectivity index (χ1n) is 7.31. The van der Waals surface area contributed by atoms with Gasteiger partial charge in [0.2, 0.25) is 10.0 Å². The van der Waals surface area contributed by atoms with Gasteiger partial charge in [0.15, 0.2) is 0 Å². The summed E-state index contributed by atoms with van der Waals surface area (Å²) < 4.78 is 25.6. The van der Waals surface area contributed by atoms with Gasteiger partial charge in [-0.05, 0) is 30.7 Å². The molecule has 0 fully saturated rings. The van der Waals surface area contributed by atoms with Crippen LogP contribution in [0, 0.1) is 0 Å². The highest BCUT2D eigenvalue weighted by Gasteiger charge is 2.22. The molecular weight excluding hydrogens is 348 g/mol. The molecule has 0 aliphatic heterocycles. The van der Waals surface area contributed by atoms with Crippen LogP contribution in [-0.2, 0) is 10.0 Å². The quantitative estimate of drug-likeness (QED) is 0.884. The number of hydrogen-bond acceptors (Lipinski definition) is 3. The van der Waals surface area contributed by atoms with Crippen LogP contribution >= 0.6 is 11.6 Å². The number of rotatable bonds is 5. The molecule has 5 nitrogen and oxygen atoms in total. The average molecular weight is 367 g/mol. The molecule has 0 heterocycles. The Kier molecular flexibility index (Phi) is 5.64. The number of amides is 1. The summed E-state index contributed by atoms with van der Waals surface area (Å²) in [6.07, 6.45) is 0. The molecule has 24 heavy (non-hydrogen) atoms. The third-order valence-electron chi connectivity index (χ3n) is 3.60. The summed E-state index contributed by atoms with van der Waals surface area (Å²) in [6, 6.07) is 13.5. The van der Waals surface area contributed by atoms with E-state index in [1.54, 1.807) is 0 Å². The second-order valence-corrected chi connectivity index (χ2v) is 8.07. The van der Waals surface area contributed by atoms with E-state index in [0.717, 1.165) is 9.87 Å². The highest BCUT2D eigenvalue weighted by atomic mass is 35.5. The van der Waals surface area contributed by atoms with Gasteiger partial charge in [-0.2, -0.15) is 0 Å². The highest BCUT2D eigenvalue weighted by Crippen LogP contribution is 2.25. The van der Waals surface area contributed by atoms with Crippen molar-refractivity contribution in [3.63, 3.8) is 0 Å². The van der Waals surface area contributed by atoms with Crippen molar-refractivity contribution < 1.29 is 13.2 Å². The summed E-state index contributed by atoms with van der Waals surface area (Å²) in [5.74, 6) is -0.363. The maximum Gasteiger partial charge on any atom is 0.251 e. The van der Waals surface area contributed by atoms with Crippen LogP contribution in [0.5, 0.6) is 0 Å². The van der Waals surface area contributed by atoms with Gasteiger partial charge in [0.1, 0.15) is 4.90 Å². The van der Waals surface area contributed by atoms with Crippen molar-refractivity contribution >= 4 is 27.5 Å². The standard InChI is InChI=1S/C17H19ClN2O3S/c1-12(13-7-5-4-6-8-13)19-17(21)14-9-10-15(18)16(11-14)24(22,23)20(2)3/h4-12H,1-3H3,(H,19,21). The smallest absolute Gasteiger partial charge is 0.251 e. The Balaban J connectivity index is 2.28. The first-order chi connectivity index (χ1) is 11.2. The third kappa shape index (κ3) is 3.95. The van der Waals surface area contributed by atoms with Gasteiger partial charge < -0.3 is 5.32 Å². The fourth-order valence-electron chi connectivity index (χ4n) is 2.14. The average Bonchev–Trinajstić information content (AvgIpc) is 2.55. The normalized spacial score (nSPS) is 12.9. The minimum Gasteiger partial charge on any atom is -0.346 e. The number of nitrogens with zero attached hydrogens (tertiary/aromatic N) is 1. The molecule has 0 saturated carbocycles. The van der Waals surface area contributed by atoms with Gasteiger partial charge in [-0.1, -0.05) is 41.9 Å². The minimum absolute atomic E-state index is 0.0800. The lowest BCUT2D eigenvalue weighted by Gasteiger charge is -2.16. The Morgan fingerprint density at radius 1 is 1.12 bits per heavy atom. The van der Waals surface area contributed by atoms with E-state index in [1.165, 1.54) is 32.3 Å². The Bertz CT molecular complexity index is 836. The summed E-state index contributed by atoms with van der Waals surface area (Å²) >= 11 is 5.99. The van der Waals surface area contributed by atoms with Crippen LogP contribution in [0.4, 0.5) is 0 Å². The van der Waals surface area contributed by atoms with Gasteiger partial charge in [0.25, 0.3) is 5.91 Å². The Labute approximate surface area is 147 Å². The molecule has 0 aliphatic rings. The molecule has 0 radical (unpaired) electrons. The largest absolute Gasteiger partial charge is 0.346 e. The van der Waals surface area contributed by atoms with Crippen molar-refractivity contribution in [3.8, 4) is 0 Å². The first kappa shape index (κ1) is 18.4. The lowest BCUT2D eigenvalue weighted by atomic mass is 10.1. The zero-order valence-electron chi connectivity index (χ0n) is 13.7. The fraction of sp³-hybridized carbons (Fsp3) is 0.235. The summed E-state index contributed by atoms with van der Waals surface area (Å²) in [5.41, 5.74) is 1.20. The van der Waals surface area contributed by atoms with Crippen molar-refractivity contribution in [2.75, 3.05) is 14.1 Å². The molecule has 7 heteroatoms. The Morgan fingerprint density at radius 2 is 1.75 bits per heavy atom. The molecule has 1 unspecified atom stereocenters. The van der Waals surface area contributed by atoms with Crippen molar-refractivity contribution in [2.24, 2.45) is 0 Å². The van der Waals surface area contributed by atoms with Gasteiger partial charge in [-0.25, -0.2) is 12.7 Å². The molecule has 1 N–H and O–H groups in total. The van der Waals surface area contributed by atoms with Crippen molar-refractivity contribution in [1.82, 2.24) is 9.62 Å². The van der Waals surface area contributed by atoms with Crippen LogP contribution in [0.25, 0.3) is 0 Å². The van der Waals surface area contributed by atoms with E-state index in [4.69, 9.17) is 11.6 Å². The molecule has 2 aromatic carbocycles. The number of carbonyl (C=O) groups is 1. The molecule has 2 aromatic rings. The van der Waals surface area contributed by atoms with E-state index < -0.39 is 10.0 Å². The third-order valence-corrected chi connectivity index (χ3v) is 5.90. The van der Waals surface area contributed by atoms with Crippen molar-refractivity contribution in [1.29, 1.82) is 0 Å². The van der Waals surface area contributed by atoms with E-state index in [1.807, 2.05) is 37.3 Å². The van der Waals surface area contributed by atoms with Crippen LogP contribution in [0.3, 0.4) is 0 Å². The van der Waals surface area contributed by atoms with E-state index in [0.29, 0.717) is 0 Å². The number of nitrogens with one attached hydrogen (secondary N) is 1. The summed E-state index contributed by atoms with van der Waals surface area (Å²) in [5, 5.41) is 2.93. The lowest BCUT2D eigenvalue weighted by molar-refractivity contribution is 0.0939. The number of carbonyl (C=O) groups excluding carboxylic acids is 1. The molecule has 0 spiro atoms. The maximum atomic E-state index is 12.4. The van der Waals surface area contributed by atoms with E-state index in [9.17, 15) is 13.2 Å². The van der Waals surface area contributed by atoms with E-state index in [2.05, 4.69) is 5.32 Å². The van der Waals surface area contributed by atoms with Crippen LogP contribution in [0.1, 0.15) is 28.9 Å². The van der Waals surface area contributed by atoms with Crippen molar-refractivity contribution in [3.05, 3.63) is 64.7 Å². The molecule has 0 aliphatic carbocycles.